The number of sulfonamides is 1. The van der Waals surface area contributed by atoms with Crippen molar-refractivity contribution < 1.29 is 37.0 Å². The van der Waals surface area contributed by atoms with Crippen LogP contribution >= 0.6 is 0 Å². The van der Waals surface area contributed by atoms with Gasteiger partial charge in [-0.1, -0.05) is 12.1 Å². The smallest absolute Gasteiger partial charge is 0.323 e. The van der Waals surface area contributed by atoms with Crippen molar-refractivity contribution in [3.63, 3.8) is 0 Å². The first-order valence-electron chi connectivity index (χ1n) is 8.05. The van der Waals surface area contributed by atoms with Gasteiger partial charge in [-0.25, -0.2) is 12.8 Å². The normalized spacial score (nSPS) is 13.4. The number of benzene rings is 2. The summed E-state index contributed by atoms with van der Waals surface area (Å²) in [5, 5.41) is 8.97. The van der Waals surface area contributed by atoms with Crippen LogP contribution in [0.15, 0.2) is 47.4 Å². The summed E-state index contributed by atoms with van der Waals surface area (Å²) in [5.41, 5.74) is 1.47. The largest absolute Gasteiger partial charge is 0.482 e. The number of carbonyl (C=O) groups is 3. The summed E-state index contributed by atoms with van der Waals surface area (Å²) < 4.78 is 43.7. The molecule has 0 aromatic heterocycles. The van der Waals surface area contributed by atoms with E-state index in [0.29, 0.717) is 0 Å². The first kappa shape index (κ1) is 20.2. The number of anilines is 1. The molecule has 2 aromatic rings. The molecule has 3 rings (SSSR count). The van der Waals surface area contributed by atoms with Gasteiger partial charge >= 0.3 is 5.97 Å². The number of amides is 2. The van der Waals surface area contributed by atoms with Gasteiger partial charge in [-0.05, 0) is 30.3 Å². The number of rotatable bonds is 6. The number of nitrogens with zero attached hydrogens (tertiary/aromatic N) is 1. The van der Waals surface area contributed by atoms with Gasteiger partial charge in [-0.2, -0.15) is 0 Å². The first-order valence-corrected chi connectivity index (χ1v) is 9.53. The van der Waals surface area contributed by atoms with Gasteiger partial charge in [0.15, 0.2) is 6.61 Å². The summed E-state index contributed by atoms with van der Waals surface area (Å²) >= 11 is 0. The van der Waals surface area contributed by atoms with E-state index in [1.807, 2.05) is 10.3 Å². The Balaban J connectivity index is 1.83. The number of hydrazine groups is 1. The van der Waals surface area contributed by atoms with Crippen molar-refractivity contribution >= 4 is 33.5 Å². The average Bonchev–Trinajstić information content (AvgIpc) is 2.68. The quantitative estimate of drug-likeness (QED) is 0.566. The molecule has 29 heavy (non-hydrogen) atoms. The van der Waals surface area contributed by atoms with E-state index in [4.69, 9.17) is 9.84 Å². The number of halogens is 1. The van der Waals surface area contributed by atoms with E-state index in [2.05, 4.69) is 0 Å². The summed E-state index contributed by atoms with van der Waals surface area (Å²) in [6.07, 6.45) is 0. The lowest BCUT2D eigenvalue weighted by molar-refractivity contribution is -0.137. The molecule has 0 bridgehead atoms. The Hall–Kier alpha value is -3.51. The van der Waals surface area contributed by atoms with Crippen molar-refractivity contribution in [3.8, 4) is 5.75 Å². The van der Waals surface area contributed by atoms with Crippen LogP contribution in [0.4, 0.5) is 10.1 Å². The molecule has 152 valence electrons. The Morgan fingerprint density at radius 2 is 1.93 bits per heavy atom. The van der Waals surface area contributed by atoms with E-state index in [1.54, 1.807) is 0 Å². The van der Waals surface area contributed by atoms with Gasteiger partial charge in [0.05, 0.1) is 16.1 Å². The third-order valence-electron chi connectivity index (χ3n) is 3.89. The van der Waals surface area contributed by atoms with Crippen LogP contribution in [0.1, 0.15) is 10.4 Å². The Kier molecular flexibility index (Phi) is 5.48. The van der Waals surface area contributed by atoms with Crippen molar-refractivity contribution in [1.29, 1.82) is 0 Å². The zero-order valence-corrected chi connectivity index (χ0v) is 15.4. The number of carboxylic acid groups (broad SMARTS) is 1. The molecule has 1 aliphatic heterocycles. The summed E-state index contributed by atoms with van der Waals surface area (Å²) in [4.78, 5) is 37.2. The number of hydrogen-bond donors (Lipinski definition) is 3. The molecule has 0 spiro atoms. The second kappa shape index (κ2) is 7.85. The Morgan fingerprint density at radius 3 is 2.62 bits per heavy atom. The highest BCUT2D eigenvalue weighted by Gasteiger charge is 2.29. The maximum absolute atomic E-state index is 13.6. The third kappa shape index (κ3) is 4.33. The zero-order chi connectivity index (χ0) is 21.2. The van der Waals surface area contributed by atoms with Gasteiger partial charge in [-0.15, -0.1) is 4.83 Å². The Morgan fingerprint density at radius 1 is 1.21 bits per heavy atom. The van der Waals surface area contributed by atoms with Crippen LogP contribution in [0, 0.1) is 5.82 Å². The summed E-state index contributed by atoms with van der Waals surface area (Å²) in [6, 6.07) is 8.42. The van der Waals surface area contributed by atoms with Gasteiger partial charge in [0.25, 0.3) is 21.8 Å². The fourth-order valence-corrected chi connectivity index (χ4v) is 3.40. The SMILES string of the molecule is O=C(O)CN1C(=O)COc2ccc(S(=O)(=O)NNC(=O)c3ccccc3F)cc21. The number of carboxylic acids is 1. The van der Waals surface area contributed by atoms with Crippen molar-refractivity contribution in [2.45, 2.75) is 4.90 Å². The number of aliphatic carboxylic acids is 1. The topological polar surface area (TPSA) is 142 Å². The predicted molar refractivity (Wildman–Crippen MR) is 96.1 cm³/mol. The lowest BCUT2D eigenvalue weighted by Crippen LogP contribution is -2.43. The molecule has 0 atom stereocenters. The fourth-order valence-electron chi connectivity index (χ4n) is 2.54. The standard InChI is InChI=1S/C17H14FN3O7S/c18-12-4-2-1-3-11(12)17(25)19-20-29(26,27)10-5-6-14-13(7-10)21(8-16(23)24)15(22)9-28-14/h1-7,20H,8-9H2,(H,19,25)(H,23,24). The molecule has 1 aliphatic rings. The second-order valence-electron chi connectivity index (χ2n) is 5.83. The molecular formula is C17H14FN3O7S. The van der Waals surface area contributed by atoms with Crippen LogP contribution in [-0.2, 0) is 19.6 Å². The molecule has 0 aliphatic carbocycles. The summed E-state index contributed by atoms with van der Waals surface area (Å²) in [5.74, 6) is -3.68. The molecule has 0 unspecified atom stereocenters. The van der Waals surface area contributed by atoms with Crippen LogP contribution in [0.5, 0.6) is 5.75 Å². The molecule has 10 nitrogen and oxygen atoms in total. The lowest BCUT2D eigenvalue weighted by atomic mass is 10.2. The third-order valence-corrected chi connectivity index (χ3v) is 5.14. The number of nitrogens with one attached hydrogen (secondary N) is 2. The van der Waals surface area contributed by atoms with E-state index in [1.165, 1.54) is 24.3 Å². The van der Waals surface area contributed by atoms with E-state index in [0.717, 1.165) is 23.1 Å². The highest BCUT2D eigenvalue weighted by molar-refractivity contribution is 7.89. The maximum Gasteiger partial charge on any atom is 0.323 e. The molecule has 2 aromatic carbocycles. The number of ether oxygens (including phenoxy) is 1. The van der Waals surface area contributed by atoms with Gasteiger partial charge in [0.2, 0.25) is 0 Å². The van der Waals surface area contributed by atoms with Crippen molar-refractivity contribution in [2.24, 2.45) is 0 Å². The highest BCUT2D eigenvalue weighted by atomic mass is 32.2. The van der Waals surface area contributed by atoms with Gasteiger partial charge in [-0.3, -0.25) is 24.7 Å². The van der Waals surface area contributed by atoms with E-state index in [9.17, 15) is 27.2 Å². The summed E-state index contributed by atoms with van der Waals surface area (Å²) in [6.45, 7) is -1.07. The fraction of sp³-hybridized carbons (Fsp3) is 0.118. The predicted octanol–water partition coefficient (Wildman–Crippen LogP) is 0.259. The van der Waals surface area contributed by atoms with Crippen molar-refractivity contribution in [3.05, 3.63) is 53.8 Å². The number of carbonyl (C=O) groups excluding carboxylic acids is 2. The minimum absolute atomic E-state index is 0.0491. The van der Waals surface area contributed by atoms with Crippen LogP contribution in [0.3, 0.4) is 0 Å². The molecule has 0 saturated carbocycles. The van der Waals surface area contributed by atoms with E-state index in [-0.39, 0.29) is 28.5 Å². The van der Waals surface area contributed by atoms with E-state index >= 15 is 0 Å². The molecule has 2 amide bonds. The Labute approximate surface area is 163 Å². The first-order chi connectivity index (χ1) is 13.7. The minimum Gasteiger partial charge on any atom is -0.482 e. The van der Waals surface area contributed by atoms with Gasteiger partial charge in [0, 0.05) is 0 Å². The average molecular weight is 423 g/mol. The van der Waals surface area contributed by atoms with Crippen LogP contribution < -0.4 is 19.9 Å². The Bertz CT molecular complexity index is 1100. The van der Waals surface area contributed by atoms with Crippen LogP contribution in [-0.4, -0.2) is 44.5 Å². The molecule has 3 N–H and O–H groups in total. The van der Waals surface area contributed by atoms with Gasteiger partial charge in [0.1, 0.15) is 18.1 Å². The van der Waals surface area contributed by atoms with Crippen molar-refractivity contribution in [1.82, 2.24) is 10.3 Å². The second-order valence-corrected chi connectivity index (χ2v) is 7.51. The molecule has 12 heteroatoms. The number of hydrogen-bond acceptors (Lipinski definition) is 6. The van der Waals surface area contributed by atoms with Crippen LogP contribution in [0.25, 0.3) is 0 Å². The highest BCUT2D eigenvalue weighted by Crippen LogP contribution is 2.34. The minimum atomic E-state index is -4.32. The van der Waals surface area contributed by atoms with Crippen molar-refractivity contribution in [2.75, 3.05) is 18.1 Å². The molecule has 0 fully saturated rings. The zero-order valence-electron chi connectivity index (χ0n) is 14.6. The van der Waals surface area contributed by atoms with Crippen LogP contribution in [0.2, 0.25) is 0 Å². The molecule has 0 radical (unpaired) electrons. The molecule has 0 saturated heterocycles. The maximum atomic E-state index is 13.6. The lowest BCUT2D eigenvalue weighted by Gasteiger charge is -2.28. The van der Waals surface area contributed by atoms with E-state index < -0.39 is 40.2 Å². The summed E-state index contributed by atoms with van der Waals surface area (Å²) in [7, 11) is -4.32. The number of fused-ring (bicyclic) bond motifs is 1. The monoisotopic (exact) mass is 423 g/mol. The molecule has 1 heterocycles. The van der Waals surface area contributed by atoms with Gasteiger partial charge < -0.3 is 9.84 Å². The molecular weight excluding hydrogens is 409 g/mol.